The molecule has 166 valence electrons. The zero-order valence-corrected chi connectivity index (χ0v) is 18.1. The highest BCUT2D eigenvalue weighted by Crippen LogP contribution is 2.34. The van der Waals surface area contributed by atoms with Gasteiger partial charge < -0.3 is 24.8 Å². The van der Waals surface area contributed by atoms with Crippen molar-refractivity contribution in [2.24, 2.45) is 0 Å². The molecule has 3 rings (SSSR count). The molecule has 0 aliphatic rings. The van der Waals surface area contributed by atoms with Crippen LogP contribution in [0.5, 0.6) is 23.0 Å². The molecule has 0 saturated heterocycles. The predicted molar refractivity (Wildman–Crippen MR) is 122 cm³/mol. The minimum atomic E-state index is -0.217. The molecule has 2 amide bonds. The Kier molecular flexibility index (Phi) is 8.09. The molecule has 0 spiro atoms. The normalized spacial score (nSPS) is 10.2. The summed E-state index contributed by atoms with van der Waals surface area (Å²) in [5, 5.41) is 5.58. The third-order valence-corrected chi connectivity index (χ3v) is 4.62. The minimum Gasteiger partial charge on any atom is -0.497 e. The summed E-state index contributed by atoms with van der Waals surface area (Å²) in [4.78, 5) is 24.3. The monoisotopic (exact) mass is 434 g/mol. The fraction of sp³-hybridized carbons (Fsp3) is 0.200. The third kappa shape index (κ3) is 6.77. The van der Waals surface area contributed by atoms with Crippen LogP contribution in [0.1, 0.15) is 12.0 Å². The molecule has 0 saturated carbocycles. The molecule has 0 atom stereocenters. The van der Waals surface area contributed by atoms with Gasteiger partial charge >= 0.3 is 0 Å². The number of carbonyl (C=O) groups is 2. The van der Waals surface area contributed by atoms with Gasteiger partial charge in [-0.15, -0.1) is 0 Å². The van der Waals surface area contributed by atoms with Gasteiger partial charge in [-0.3, -0.25) is 9.59 Å². The van der Waals surface area contributed by atoms with Crippen molar-refractivity contribution in [3.63, 3.8) is 0 Å². The molecule has 0 fully saturated rings. The molecule has 2 N–H and O–H groups in total. The van der Waals surface area contributed by atoms with Gasteiger partial charge in [0, 0.05) is 24.7 Å². The standard InChI is InChI=1S/C25H26N2O5/c1-30-20-9-11-21(12-10-20)32-23-17-19(8-13-22(23)31-2)27-24(28)14-15-26-25(29)16-18-6-4-3-5-7-18/h3-13,17H,14-16H2,1-2H3,(H,26,29)(H,27,28). The van der Waals surface area contributed by atoms with E-state index in [2.05, 4.69) is 10.6 Å². The number of rotatable bonds is 10. The molecule has 0 unspecified atom stereocenters. The van der Waals surface area contributed by atoms with Crippen molar-refractivity contribution in [2.75, 3.05) is 26.1 Å². The van der Waals surface area contributed by atoms with Crippen LogP contribution in [0.15, 0.2) is 72.8 Å². The first kappa shape index (κ1) is 22.7. The second-order valence-corrected chi connectivity index (χ2v) is 6.95. The zero-order valence-electron chi connectivity index (χ0n) is 18.1. The molecule has 0 aliphatic heterocycles. The maximum Gasteiger partial charge on any atom is 0.226 e. The second kappa shape index (κ2) is 11.4. The summed E-state index contributed by atoms with van der Waals surface area (Å²) in [5.41, 5.74) is 1.49. The number of amides is 2. The maximum absolute atomic E-state index is 12.3. The first-order valence-electron chi connectivity index (χ1n) is 10.2. The zero-order chi connectivity index (χ0) is 22.8. The van der Waals surface area contributed by atoms with Crippen LogP contribution in [0.2, 0.25) is 0 Å². The van der Waals surface area contributed by atoms with Crippen LogP contribution in [0.4, 0.5) is 5.69 Å². The van der Waals surface area contributed by atoms with Gasteiger partial charge in [-0.25, -0.2) is 0 Å². The smallest absolute Gasteiger partial charge is 0.226 e. The second-order valence-electron chi connectivity index (χ2n) is 6.95. The van der Waals surface area contributed by atoms with E-state index in [4.69, 9.17) is 14.2 Å². The van der Waals surface area contributed by atoms with E-state index in [1.54, 1.807) is 56.7 Å². The summed E-state index contributed by atoms with van der Waals surface area (Å²) in [6, 6.07) is 21.7. The SMILES string of the molecule is COc1ccc(Oc2cc(NC(=O)CCNC(=O)Cc3ccccc3)ccc2OC)cc1. The summed E-state index contributed by atoms with van der Waals surface area (Å²) in [6.07, 6.45) is 0.439. The molecule has 0 radical (unpaired) electrons. The molecule has 3 aromatic rings. The van der Waals surface area contributed by atoms with E-state index in [0.717, 1.165) is 11.3 Å². The van der Waals surface area contributed by atoms with Crippen molar-refractivity contribution in [1.82, 2.24) is 5.32 Å². The van der Waals surface area contributed by atoms with Crippen LogP contribution in [-0.2, 0) is 16.0 Å². The molecule has 0 aliphatic carbocycles. The maximum atomic E-state index is 12.3. The summed E-state index contributed by atoms with van der Waals surface area (Å²) >= 11 is 0. The van der Waals surface area contributed by atoms with Gasteiger partial charge in [-0.1, -0.05) is 30.3 Å². The van der Waals surface area contributed by atoms with E-state index in [-0.39, 0.29) is 31.2 Å². The Hall–Kier alpha value is -4.00. The Balaban J connectivity index is 1.52. The largest absolute Gasteiger partial charge is 0.497 e. The minimum absolute atomic E-state index is 0.122. The Morgan fingerprint density at radius 1 is 0.781 bits per heavy atom. The highest BCUT2D eigenvalue weighted by molar-refractivity contribution is 5.91. The Morgan fingerprint density at radius 3 is 2.19 bits per heavy atom. The highest BCUT2D eigenvalue weighted by Gasteiger charge is 2.10. The number of ether oxygens (including phenoxy) is 3. The van der Waals surface area contributed by atoms with Crippen LogP contribution in [-0.4, -0.2) is 32.6 Å². The van der Waals surface area contributed by atoms with Crippen LogP contribution in [0, 0.1) is 0 Å². The quantitative estimate of drug-likeness (QED) is 0.500. The molecular weight excluding hydrogens is 408 g/mol. The van der Waals surface area contributed by atoms with Gasteiger partial charge in [0.1, 0.15) is 11.5 Å². The van der Waals surface area contributed by atoms with E-state index in [1.165, 1.54) is 0 Å². The van der Waals surface area contributed by atoms with Crippen LogP contribution in [0.25, 0.3) is 0 Å². The molecule has 7 heteroatoms. The van der Waals surface area contributed by atoms with Crippen molar-refractivity contribution in [3.05, 3.63) is 78.4 Å². The Morgan fingerprint density at radius 2 is 1.50 bits per heavy atom. The van der Waals surface area contributed by atoms with Crippen LogP contribution >= 0.6 is 0 Å². The fourth-order valence-corrected chi connectivity index (χ4v) is 2.99. The number of carbonyl (C=O) groups excluding carboxylic acids is 2. The molecule has 7 nitrogen and oxygen atoms in total. The Labute approximate surface area is 187 Å². The Bertz CT molecular complexity index is 1040. The summed E-state index contributed by atoms with van der Waals surface area (Å²) < 4.78 is 16.4. The van der Waals surface area contributed by atoms with Gasteiger partial charge in [-0.05, 0) is 42.0 Å². The van der Waals surface area contributed by atoms with E-state index in [1.807, 2.05) is 30.3 Å². The topological polar surface area (TPSA) is 85.9 Å². The van der Waals surface area contributed by atoms with Crippen molar-refractivity contribution in [3.8, 4) is 23.0 Å². The lowest BCUT2D eigenvalue weighted by Gasteiger charge is -2.13. The molecule has 32 heavy (non-hydrogen) atoms. The summed E-state index contributed by atoms with van der Waals surface area (Å²) in [6.45, 7) is 0.253. The van der Waals surface area contributed by atoms with Gasteiger partial charge in [-0.2, -0.15) is 0 Å². The van der Waals surface area contributed by atoms with E-state index < -0.39 is 0 Å². The lowest BCUT2D eigenvalue weighted by atomic mass is 10.1. The highest BCUT2D eigenvalue weighted by atomic mass is 16.5. The lowest BCUT2D eigenvalue weighted by Crippen LogP contribution is -2.28. The molecule has 0 aromatic heterocycles. The first-order chi connectivity index (χ1) is 15.6. The fourth-order valence-electron chi connectivity index (χ4n) is 2.99. The van der Waals surface area contributed by atoms with Crippen molar-refractivity contribution >= 4 is 17.5 Å². The van der Waals surface area contributed by atoms with Crippen molar-refractivity contribution in [1.29, 1.82) is 0 Å². The third-order valence-electron chi connectivity index (χ3n) is 4.62. The summed E-state index contributed by atoms with van der Waals surface area (Å²) in [5.74, 6) is 1.99. The average Bonchev–Trinajstić information content (AvgIpc) is 2.80. The van der Waals surface area contributed by atoms with E-state index in [0.29, 0.717) is 22.9 Å². The van der Waals surface area contributed by atoms with E-state index >= 15 is 0 Å². The van der Waals surface area contributed by atoms with E-state index in [9.17, 15) is 9.59 Å². The predicted octanol–water partition coefficient (Wildman–Crippen LogP) is 4.18. The van der Waals surface area contributed by atoms with Gasteiger partial charge in [0.2, 0.25) is 11.8 Å². The lowest BCUT2D eigenvalue weighted by molar-refractivity contribution is -0.120. The molecule has 3 aromatic carbocycles. The number of methoxy groups -OCH3 is 2. The van der Waals surface area contributed by atoms with Crippen LogP contribution in [0.3, 0.4) is 0 Å². The molecule has 0 heterocycles. The number of hydrogen-bond acceptors (Lipinski definition) is 5. The average molecular weight is 434 g/mol. The number of benzene rings is 3. The molecule has 0 bridgehead atoms. The molecular formula is C25H26N2O5. The van der Waals surface area contributed by atoms with Gasteiger partial charge in [0.15, 0.2) is 11.5 Å². The number of hydrogen-bond donors (Lipinski definition) is 2. The van der Waals surface area contributed by atoms with Gasteiger partial charge in [0.05, 0.1) is 20.6 Å². The van der Waals surface area contributed by atoms with Crippen molar-refractivity contribution < 1.29 is 23.8 Å². The first-order valence-corrected chi connectivity index (χ1v) is 10.2. The van der Waals surface area contributed by atoms with Crippen molar-refractivity contribution in [2.45, 2.75) is 12.8 Å². The number of anilines is 1. The van der Waals surface area contributed by atoms with Gasteiger partial charge in [0.25, 0.3) is 0 Å². The summed E-state index contributed by atoms with van der Waals surface area (Å²) in [7, 11) is 3.15. The van der Waals surface area contributed by atoms with Crippen LogP contribution < -0.4 is 24.8 Å². The number of nitrogens with one attached hydrogen (secondary N) is 2.